The van der Waals surface area contributed by atoms with Crippen LogP contribution >= 0.6 is 0 Å². The van der Waals surface area contributed by atoms with Crippen molar-refractivity contribution in [2.75, 3.05) is 7.11 Å². The van der Waals surface area contributed by atoms with Crippen LogP contribution in [0.2, 0.25) is 0 Å². The highest BCUT2D eigenvalue weighted by atomic mass is 16.5. The lowest BCUT2D eigenvalue weighted by Gasteiger charge is -2.13. The Morgan fingerprint density at radius 1 is 1.35 bits per heavy atom. The van der Waals surface area contributed by atoms with Crippen LogP contribution < -0.4 is 5.32 Å². The Labute approximate surface area is 118 Å². The van der Waals surface area contributed by atoms with Crippen molar-refractivity contribution in [1.82, 2.24) is 5.32 Å². The number of furan rings is 1. The summed E-state index contributed by atoms with van der Waals surface area (Å²) in [6.45, 7) is 4.72. The van der Waals surface area contributed by atoms with E-state index in [2.05, 4.69) is 48.2 Å². The van der Waals surface area contributed by atoms with Crippen molar-refractivity contribution >= 4 is 5.97 Å². The van der Waals surface area contributed by atoms with Gasteiger partial charge in [-0.2, -0.15) is 0 Å². The van der Waals surface area contributed by atoms with Gasteiger partial charge in [-0.25, -0.2) is 4.79 Å². The van der Waals surface area contributed by atoms with Crippen LogP contribution in [-0.4, -0.2) is 13.1 Å². The molecular formula is C16H19NO3. The molecule has 0 saturated carbocycles. The highest BCUT2D eigenvalue weighted by Gasteiger charge is 2.11. The second-order valence-corrected chi connectivity index (χ2v) is 4.81. The number of carbonyl (C=O) groups is 1. The Hall–Kier alpha value is -2.07. The Morgan fingerprint density at radius 3 is 2.70 bits per heavy atom. The van der Waals surface area contributed by atoms with E-state index in [9.17, 15) is 4.79 Å². The van der Waals surface area contributed by atoms with E-state index in [1.54, 1.807) is 6.07 Å². The molecule has 1 aromatic carbocycles. The third-order valence-corrected chi connectivity index (χ3v) is 3.23. The molecule has 4 nitrogen and oxygen atoms in total. The normalized spacial score (nSPS) is 12.2. The van der Waals surface area contributed by atoms with E-state index in [-0.39, 0.29) is 12.0 Å². The molecule has 0 amide bonds. The third kappa shape index (κ3) is 3.48. The number of hydrogen-bond donors (Lipinski definition) is 1. The number of benzene rings is 1. The molecule has 0 aliphatic heterocycles. The third-order valence-electron chi connectivity index (χ3n) is 3.23. The molecule has 4 heteroatoms. The lowest BCUT2D eigenvalue weighted by molar-refractivity contribution is 0.0600. The molecule has 0 radical (unpaired) electrons. The molecule has 1 atom stereocenters. The standard InChI is InChI=1S/C16H19NO3/c1-11-4-6-13(7-5-11)12(2)17-9-15-8-14(10-20-15)16(18)19-3/h4-8,10,12,17H,9H2,1-3H3/t12-/m1/s1. The van der Waals surface area contributed by atoms with Gasteiger partial charge in [0.2, 0.25) is 0 Å². The van der Waals surface area contributed by atoms with E-state index in [1.807, 2.05) is 0 Å². The lowest BCUT2D eigenvalue weighted by Crippen LogP contribution is -2.17. The summed E-state index contributed by atoms with van der Waals surface area (Å²) in [7, 11) is 1.35. The van der Waals surface area contributed by atoms with Crippen molar-refractivity contribution in [3.8, 4) is 0 Å². The number of hydrogen-bond acceptors (Lipinski definition) is 4. The van der Waals surface area contributed by atoms with Crippen molar-refractivity contribution in [1.29, 1.82) is 0 Å². The van der Waals surface area contributed by atoms with Gasteiger partial charge in [-0.1, -0.05) is 29.8 Å². The number of nitrogens with one attached hydrogen (secondary N) is 1. The minimum absolute atomic E-state index is 0.210. The fourth-order valence-electron chi connectivity index (χ4n) is 1.92. The van der Waals surface area contributed by atoms with Crippen molar-refractivity contribution in [3.05, 3.63) is 59.0 Å². The first kappa shape index (κ1) is 14.3. The van der Waals surface area contributed by atoms with Gasteiger partial charge in [-0.3, -0.25) is 0 Å². The molecule has 106 valence electrons. The SMILES string of the molecule is COC(=O)c1coc(CN[C@H](C)c2ccc(C)cc2)c1. The van der Waals surface area contributed by atoms with E-state index in [0.29, 0.717) is 17.9 Å². The number of ether oxygens (including phenoxy) is 1. The second-order valence-electron chi connectivity index (χ2n) is 4.81. The van der Waals surface area contributed by atoms with Crippen molar-refractivity contribution in [2.24, 2.45) is 0 Å². The Morgan fingerprint density at radius 2 is 2.05 bits per heavy atom. The Bertz CT molecular complexity index is 572. The molecule has 0 fully saturated rings. The predicted octanol–water partition coefficient (Wildman–Crippen LogP) is 3.23. The largest absolute Gasteiger partial charge is 0.467 e. The first-order valence-corrected chi connectivity index (χ1v) is 6.56. The molecule has 0 unspecified atom stereocenters. The fraction of sp³-hybridized carbons (Fsp3) is 0.312. The Balaban J connectivity index is 1.93. The average Bonchev–Trinajstić information content (AvgIpc) is 2.93. The maximum Gasteiger partial charge on any atom is 0.341 e. The molecule has 2 aromatic rings. The first-order chi connectivity index (χ1) is 9.60. The minimum Gasteiger partial charge on any atom is -0.467 e. The molecule has 0 aliphatic rings. The van der Waals surface area contributed by atoms with Crippen LogP contribution in [0.5, 0.6) is 0 Å². The van der Waals surface area contributed by atoms with Gasteiger partial charge >= 0.3 is 5.97 Å². The molecule has 1 heterocycles. The number of carbonyl (C=O) groups excluding carboxylic acids is 1. The van der Waals surface area contributed by atoms with E-state index in [4.69, 9.17) is 4.42 Å². The van der Waals surface area contributed by atoms with E-state index < -0.39 is 0 Å². The van der Waals surface area contributed by atoms with Gasteiger partial charge in [0, 0.05) is 6.04 Å². The highest BCUT2D eigenvalue weighted by Crippen LogP contribution is 2.15. The topological polar surface area (TPSA) is 51.5 Å². The number of aryl methyl sites for hydroxylation is 1. The fourth-order valence-corrected chi connectivity index (χ4v) is 1.92. The van der Waals surface area contributed by atoms with Gasteiger partial charge in [0.05, 0.1) is 19.2 Å². The number of methoxy groups -OCH3 is 1. The zero-order chi connectivity index (χ0) is 14.5. The van der Waals surface area contributed by atoms with Crippen LogP contribution in [-0.2, 0) is 11.3 Å². The molecule has 0 spiro atoms. The zero-order valence-electron chi connectivity index (χ0n) is 12.0. The minimum atomic E-state index is -0.383. The van der Waals surface area contributed by atoms with Crippen LogP contribution in [0.4, 0.5) is 0 Å². The van der Waals surface area contributed by atoms with Crippen molar-refractivity contribution in [3.63, 3.8) is 0 Å². The van der Waals surface area contributed by atoms with E-state index in [0.717, 1.165) is 0 Å². The van der Waals surface area contributed by atoms with Crippen LogP contribution in [0, 0.1) is 6.92 Å². The van der Waals surface area contributed by atoms with Gasteiger partial charge in [0.1, 0.15) is 12.0 Å². The molecule has 0 saturated heterocycles. The molecule has 20 heavy (non-hydrogen) atoms. The van der Waals surface area contributed by atoms with Gasteiger partial charge < -0.3 is 14.5 Å². The molecule has 0 bridgehead atoms. The van der Waals surface area contributed by atoms with Crippen LogP contribution in [0.3, 0.4) is 0 Å². The van der Waals surface area contributed by atoms with Crippen LogP contribution in [0.15, 0.2) is 41.0 Å². The van der Waals surface area contributed by atoms with E-state index >= 15 is 0 Å². The maximum absolute atomic E-state index is 11.3. The summed E-state index contributed by atoms with van der Waals surface area (Å²) < 4.78 is 9.97. The highest BCUT2D eigenvalue weighted by molar-refractivity contribution is 5.88. The van der Waals surface area contributed by atoms with Gasteiger partial charge in [-0.05, 0) is 25.5 Å². The molecular weight excluding hydrogens is 254 g/mol. The molecule has 1 aromatic heterocycles. The monoisotopic (exact) mass is 273 g/mol. The number of rotatable bonds is 5. The summed E-state index contributed by atoms with van der Waals surface area (Å²) in [5.74, 6) is 0.330. The van der Waals surface area contributed by atoms with Crippen LogP contribution in [0.25, 0.3) is 0 Å². The van der Waals surface area contributed by atoms with Gasteiger partial charge in [0.15, 0.2) is 0 Å². The van der Waals surface area contributed by atoms with Crippen molar-refractivity contribution < 1.29 is 13.9 Å². The average molecular weight is 273 g/mol. The van der Waals surface area contributed by atoms with E-state index in [1.165, 1.54) is 24.5 Å². The molecule has 0 aliphatic carbocycles. The van der Waals surface area contributed by atoms with Crippen molar-refractivity contribution in [2.45, 2.75) is 26.4 Å². The molecule has 2 rings (SSSR count). The number of esters is 1. The summed E-state index contributed by atoms with van der Waals surface area (Å²) in [5.41, 5.74) is 2.90. The smallest absolute Gasteiger partial charge is 0.341 e. The molecule has 1 N–H and O–H groups in total. The summed E-state index contributed by atoms with van der Waals surface area (Å²) in [5, 5.41) is 3.36. The Kier molecular flexibility index (Phi) is 4.58. The zero-order valence-corrected chi connectivity index (χ0v) is 12.0. The second kappa shape index (κ2) is 6.39. The van der Waals surface area contributed by atoms with Gasteiger partial charge in [-0.15, -0.1) is 0 Å². The summed E-state index contributed by atoms with van der Waals surface area (Å²) in [4.78, 5) is 11.3. The summed E-state index contributed by atoms with van der Waals surface area (Å²) in [6.07, 6.45) is 1.42. The van der Waals surface area contributed by atoms with Gasteiger partial charge in [0.25, 0.3) is 0 Å². The maximum atomic E-state index is 11.3. The first-order valence-electron chi connectivity index (χ1n) is 6.56. The van der Waals surface area contributed by atoms with Crippen LogP contribution in [0.1, 0.15) is 40.2 Å². The quantitative estimate of drug-likeness (QED) is 0.850. The summed E-state index contributed by atoms with van der Waals surface area (Å²) >= 11 is 0. The predicted molar refractivity (Wildman–Crippen MR) is 76.5 cm³/mol. The summed E-state index contributed by atoms with van der Waals surface area (Å²) in [6, 6.07) is 10.3. The lowest BCUT2D eigenvalue weighted by atomic mass is 10.1.